The molecule has 0 spiro atoms. The Morgan fingerprint density at radius 3 is 2.44 bits per heavy atom. The third-order valence-corrected chi connectivity index (χ3v) is 2.94. The largest absolute Gasteiger partial charge is 0.378 e. The number of hydrogen-bond acceptors (Lipinski definition) is 4. The van der Waals surface area contributed by atoms with E-state index < -0.39 is 0 Å². The standard InChI is InChI=1S/C12H18N2O2/c1-10(16-13)11-2-4-12(5-3-11)14-6-8-15-9-7-14/h2-5,10H,6-9,13H2,1H3. The summed E-state index contributed by atoms with van der Waals surface area (Å²) < 4.78 is 5.32. The number of hydrogen-bond donors (Lipinski definition) is 1. The molecule has 16 heavy (non-hydrogen) atoms. The maximum Gasteiger partial charge on any atom is 0.101 e. The van der Waals surface area contributed by atoms with E-state index >= 15 is 0 Å². The lowest BCUT2D eigenvalue weighted by Gasteiger charge is -2.29. The van der Waals surface area contributed by atoms with E-state index in [4.69, 9.17) is 15.5 Å². The number of nitrogens with zero attached hydrogens (tertiary/aromatic N) is 1. The lowest BCUT2D eigenvalue weighted by molar-refractivity contribution is 0.0664. The van der Waals surface area contributed by atoms with E-state index in [1.54, 1.807) is 0 Å². The molecule has 0 saturated carbocycles. The van der Waals surface area contributed by atoms with E-state index in [2.05, 4.69) is 29.2 Å². The Kier molecular flexibility index (Phi) is 3.77. The van der Waals surface area contributed by atoms with E-state index in [-0.39, 0.29) is 6.10 Å². The van der Waals surface area contributed by atoms with Gasteiger partial charge in [-0.3, -0.25) is 4.84 Å². The summed E-state index contributed by atoms with van der Waals surface area (Å²) in [7, 11) is 0. The van der Waals surface area contributed by atoms with Crippen LogP contribution >= 0.6 is 0 Å². The molecule has 4 nitrogen and oxygen atoms in total. The average Bonchev–Trinajstić information content (AvgIpc) is 2.39. The molecule has 0 radical (unpaired) electrons. The van der Waals surface area contributed by atoms with Crippen molar-refractivity contribution in [1.82, 2.24) is 0 Å². The second-order valence-electron chi connectivity index (χ2n) is 3.97. The molecule has 2 rings (SSSR count). The van der Waals surface area contributed by atoms with Crippen LogP contribution in [0.25, 0.3) is 0 Å². The average molecular weight is 222 g/mol. The lowest BCUT2D eigenvalue weighted by Crippen LogP contribution is -2.36. The molecule has 1 fully saturated rings. The molecule has 88 valence electrons. The molecule has 1 aliphatic heterocycles. The van der Waals surface area contributed by atoms with Gasteiger partial charge in [-0.05, 0) is 24.6 Å². The van der Waals surface area contributed by atoms with Crippen LogP contribution in [0.3, 0.4) is 0 Å². The van der Waals surface area contributed by atoms with Gasteiger partial charge in [-0.25, -0.2) is 5.90 Å². The van der Waals surface area contributed by atoms with E-state index in [0.717, 1.165) is 31.9 Å². The van der Waals surface area contributed by atoms with Crippen LogP contribution in [0.2, 0.25) is 0 Å². The minimum Gasteiger partial charge on any atom is -0.378 e. The quantitative estimate of drug-likeness (QED) is 0.787. The Labute approximate surface area is 95.9 Å². The van der Waals surface area contributed by atoms with Crippen LogP contribution in [0.5, 0.6) is 0 Å². The van der Waals surface area contributed by atoms with Crippen LogP contribution in [0.15, 0.2) is 24.3 Å². The van der Waals surface area contributed by atoms with Crippen LogP contribution in [0.4, 0.5) is 5.69 Å². The maximum absolute atomic E-state index is 5.32. The first-order valence-electron chi connectivity index (χ1n) is 5.59. The highest BCUT2D eigenvalue weighted by Crippen LogP contribution is 2.20. The first-order chi connectivity index (χ1) is 7.81. The topological polar surface area (TPSA) is 47.7 Å². The van der Waals surface area contributed by atoms with Crippen molar-refractivity contribution in [3.63, 3.8) is 0 Å². The second-order valence-corrected chi connectivity index (χ2v) is 3.97. The molecule has 4 heteroatoms. The summed E-state index contributed by atoms with van der Waals surface area (Å²) >= 11 is 0. The van der Waals surface area contributed by atoms with Gasteiger partial charge in [-0.2, -0.15) is 0 Å². The van der Waals surface area contributed by atoms with Crippen molar-refractivity contribution >= 4 is 5.69 Å². The molecule has 1 unspecified atom stereocenters. The molecule has 1 atom stereocenters. The Hall–Kier alpha value is -1.10. The van der Waals surface area contributed by atoms with Gasteiger partial charge in [0.2, 0.25) is 0 Å². The minimum atomic E-state index is -0.0567. The molecule has 1 saturated heterocycles. The zero-order valence-corrected chi connectivity index (χ0v) is 9.56. The molecule has 1 aliphatic rings. The summed E-state index contributed by atoms with van der Waals surface area (Å²) in [5.41, 5.74) is 2.33. The smallest absolute Gasteiger partial charge is 0.101 e. The first kappa shape index (κ1) is 11.4. The number of anilines is 1. The van der Waals surface area contributed by atoms with Crippen LogP contribution in [0.1, 0.15) is 18.6 Å². The second kappa shape index (κ2) is 5.30. The molecule has 1 heterocycles. The zero-order chi connectivity index (χ0) is 11.4. The summed E-state index contributed by atoms with van der Waals surface area (Å²) in [6.45, 7) is 5.47. The number of morpholine rings is 1. The monoisotopic (exact) mass is 222 g/mol. The molecule has 1 aromatic rings. The van der Waals surface area contributed by atoms with Gasteiger partial charge in [0.05, 0.1) is 13.2 Å². The van der Waals surface area contributed by atoms with Gasteiger partial charge in [0, 0.05) is 18.8 Å². The minimum absolute atomic E-state index is 0.0567. The Balaban J connectivity index is 2.06. The molecular weight excluding hydrogens is 204 g/mol. The normalized spacial score (nSPS) is 18.5. The summed E-state index contributed by atoms with van der Waals surface area (Å²) in [5.74, 6) is 5.16. The molecule has 1 aromatic carbocycles. The van der Waals surface area contributed by atoms with Crippen molar-refractivity contribution in [1.29, 1.82) is 0 Å². The van der Waals surface area contributed by atoms with Gasteiger partial charge in [0.1, 0.15) is 6.10 Å². The number of benzene rings is 1. The molecule has 0 bridgehead atoms. The Bertz CT molecular complexity index is 320. The fourth-order valence-corrected chi connectivity index (χ4v) is 1.86. The van der Waals surface area contributed by atoms with Crippen molar-refractivity contribution in [3.05, 3.63) is 29.8 Å². The van der Waals surface area contributed by atoms with Gasteiger partial charge in [0.25, 0.3) is 0 Å². The van der Waals surface area contributed by atoms with Crippen molar-refractivity contribution in [3.8, 4) is 0 Å². The van der Waals surface area contributed by atoms with E-state index in [1.807, 2.05) is 6.92 Å². The van der Waals surface area contributed by atoms with E-state index in [1.165, 1.54) is 5.69 Å². The number of ether oxygens (including phenoxy) is 1. The molecule has 0 aliphatic carbocycles. The summed E-state index contributed by atoms with van der Waals surface area (Å²) in [6, 6.07) is 8.33. The van der Waals surface area contributed by atoms with Crippen LogP contribution < -0.4 is 10.8 Å². The highest BCUT2D eigenvalue weighted by atomic mass is 16.6. The fraction of sp³-hybridized carbons (Fsp3) is 0.500. The van der Waals surface area contributed by atoms with Crippen molar-refractivity contribution in [2.24, 2.45) is 5.90 Å². The fourth-order valence-electron chi connectivity index (χ4n) is 1.86. The van der Waals surface area contributed by atoms with Crippen LogP contribution in [-0.4, -0.2) is 26.3 Å². The lowest BCUT2D eigenvalue weighted by atomic mass is 10.1. The van der Waals surface area contributed by atoms with Crippen LogP contribution in [0, 0.1) is 0 Å². The predicted octanol–water partition coefficient (Wildman–Crippen LogP) is 1.47. The van der Waals surface area contributed by atoms with Gasteiger partial charge < -0.3 is 9.64 Å². The Morgan fingerprint density at radius 1 is 1.25 bits per heavy atom. The number of nitrogens with two attached hydrogens (primary N) is 1. The third-order valence-electron chi connectivity index (χ3n) is 2.94. The summed E-state index contributed by atoms with van der Waals surface area (Å²) in [4.78, 5) is 7.11. The zero-order valence-electron chi connectivity index (χ0n) is 9.56. The van der Waals surface area contributed by atoms with Crippen molar-refractivity contribution < 1.29 is 9.57 Å². The summed E-state index contributed by atoms with van der Waals surface area (Å²) in [6.07, 6.45) is -0.0567. The molecular formula is C12H18N2O2. The SMILES string of the molecule is CC(ON)c1ccc(N2CCOCC2)cc1. The maximum atomic E-state index is 5.32. The highest BCUT2D eigenvalue weighted by molar-refractivity contribution is 5.48. The first-order valence-corrected chi connectivity index (χ1v) is 5.59. The van der Waals surface area contributed by atoms with E-state index in [9.17, 15) is 0 Å². The molecule has 0 aromatic heterocycles. The van der Waals surface area contributed by atoms with Gasteiger partial charge >= 0.3 is 0 Å². The predicted molar refractivity (Wildman–Crippen MR) is 63.2 cm³/mol. The third kappa shape index (κ3) is 2.52. The van der Waals surface area contributed by atoms with Crippen LogP contribution in [-0.2, 0) is 9.57 Å². The van der Waals surface area contributed by atoms with Crippen molar-refractivity contribution in [2.75, 3.05) is 31.2 Å². The number of rotatable bonds is 3. The Morgan fingerprint density at radius 2 is 1.88 bits per heavy atom. The molecule has 2 N–H and O–H groups in total. The van der Waals surface area contributed by atoms with E-state index in [0.29, 0.717) is 0 Å². The summed E-state index contributed by atoms with van der Waals surface area (Å²) in [5, 5.41) is 0. The van der Waals surface area contributed by atoms with Crippen molar-refractivity contribution in [2.45, 2.75) is 13.0 Å². The van der Waals surface area contributed by atoms with Gasteiger partial charge in [-0.15, -0.1) is 0 Å². The molecule has 0 amide bonds. The highest BCUT2D eigenvalue weighted by Gasteiger charge is 2.11. The van der Waals surface area contributed by atoms with Gasteiger partial charge in [0.15, 0.2) is 0 Å². The van der Waals surface area contributed by atoms with Gasteiger partial charge in [-0.1, -0.05) is 12.1 Å².